The highest BCUT2D eigenvalue weighted by Crippen LogP contribution is 2.25. The molecule has 1 aliphatic carbocycles. The Bertz CT molecular complexity index is 223. The third-order valence-corrected chi connectivity index (χ3v) is 3.12. The lowest BCUT2D eigenvalue weighted by Gasteiger charge is -2.19. The Morgan fingerprint density at radius 2 is 2.07 bits per heavy atom. The lowest BCUT2D eigenvalue weighted by molar-refractivity contribution is -0.137. The Labute approximate surface area is 90.9 Å². The molecule has 1 aliphatic rings. The minimum Gasteiger partial charge on any atom is -0.481 e. The molecule has 15 heavy (non-hydrogen) atoms. The summed E-state index contributed by atoms with van der Waals surface area (Å²) in [7, 11) is 0. The molecule has 0 radical (unpaired) electrons. The van der Waals surface area contributed by atoms with Gasteiger partial charge >= 0.3 is 5.97 Å². The van der Waals surface area contributed by atoms with Crippen LogP contribution in [0.1, 0.15) is 57.8 Å². The molecule has 0 aromatic rings. The highest BCUT2D eigenvalue weighted by molar-refractivity contribution is 5.81. The van der Waals surface area contributed by atoms with Crippen LogP contribution in [0.4, 0.5) is 0 Å². The summed E-state index contributed by atoms with van der Waals surface area (Å²) < 4.78 is 0. The van der Waals surface area contributed by atoms with E-state index >= 15 is 0 Å². The molecule has 1 fully saturated rings. The van der Waals surface area contributed by atoms with Gasteiger partial charge in [-0.25, -0.2) is 0 Å². The first kappa shape index (κ1) is 12.2. The van der Waals surface area contributed by atoms with Gasteiger partial charge in [-0.15, -0.1) is 0 Å². The normalized spacial score (nSPS) is 21.6. The van der Waals surface area contributed by atoms with Gasteiger partial charge in [-0.1, -0.05) is 19.3 Å². The number of carboxylic acid groups (broad SMARTS) is 1. The molecule has 0 bridgehead atoms. The maximum atomic E-state index is 11.5. The average molecular weight is 212 g/mol. The molecule has 0 aromatic heterocycles. The van der Waals surface area contributed by atoms with Crippen molar-refractivity contribution in [2.24, 2.45) is 5.92 Å². The predicted molar refractivity (Wildman–Crippen MR) is 57.7 cm³/mol. The summed E-state index contributed by atoms with van der Waals surface area (Å²) in [5.74, 6) is -0.00759. The monoisotopic (exact) mass is 212 g/mol. The highest BCUT2D eigenvalue weighted by Gasteiger charge is 2.21. The third kappa shape index (κ3) is 4.96. The second-order valence-electron chi connectivity index (χ2n) is 4.40. The van der Waals surface area contributed by atoms with E-state index < -0.39 is 5.97 Å². The second kappa shape index (κ2) is 6.59. The number of aliphatic carboxylic acids is 1. The van der Waals surface area contributed by atoms with Gasteiger partial charge in [-0.3, -0.25) is 9.59 Å². The van der Waals surface area contributed by atoms with Gasteiger partial charge in [-0.05, 0) is 25.7 Å². The average Bonchev–Trinajstić information content (AvgIpc) is 2.20. The van der Waals surface area contributed by atoms with E-state index in [0.717, 1.165) is 44.9 Å². The number of hydrogen-bond donors (Lipinski definition) is 1. The van der Waals surface area contributed by atoms with Crippen molar-refractivity contribution in [1.82, 2.24) is 0 Å². The molecule has 3 nitrogen and oxygen atoms in total. The van der Waals surface area contributed by atoms with Crippen LogP contribution < -0.4 is 0 Å². The molecule has 0 aromatic carbocycles. The summed E-state index contributed by atoms with van der Waals surface area (Å²) in [5.41, 5.74) is 0. The first-order chi connectivity index (χ1) is 7.20. The maximum Gasteiger partial charge on any atom is 0.303 e. The van der Waals surface area contributed by atoms with E-state index in [9.17, 15) is 9.59 Å². The van der Waals surface area contributed by atoms with Gasteiger partial charge in [0.1, 0.15) is 5.78 Å². The van der Waals surface area contributed by atoms with Gasteiger partial charge < -0.3 is 5.11 Å². The van der Waals surface area contributed by atoms with Crippen molar-refractivity contribution in [3.63, 3.8) is 0 Å². The van der Waals surface area contributed by atoms with Crippen LogP contribution in [-0.4, -0.2) is 16.9 Å². The van der Waals surface area contributed by atoms with E-state index in [2.05, 4.69) is 0 Å². The first-order valence-corrected chi connectivity index (χ1v) is 5.94. The molecule has 0 amide bonds. The van der Waals surface area contributed by atoms with E-state index in [-0.39, 0.29) is 12.3 Å². The molecule has 0 heterocycles. The summed E-state index contributed by atoms with van der Waals surface area (Å²) in [6.45, 7) is 0. The smallest absolute Gasteiger partial charge is 0.303 e. The molecular formula is C12H20O3. The number of carbonyl (C=O) groups is 2. The molecule has 1 rings (SSSR count). The molecular weight excluding hydrogens is 192 g/mol. The Morgan fingerprint density at radius 3 is 2.73 bits per heavy atom. The summed E-state index contributed by atoms with van der Waals surface area (Å²) >= 11 is 0. The number of unbranched alkanes of at least 4 members (excludes halogenated alkanes) is 2. The van der Waals surface area contributed by atoms with Gasteiger partial charge in [0.2, 0.25) is 0 Å². The van der Waals surface area contributed by atoms with Crippen molar-refractivity contribution < 1.29 is 14.7 Å². The van der Waals surface area contributed by atoms with Crippen LogP contribution >= 0.6 is 0 Å². The summed E-state index contributed by atoms with van der Waals surface area (Å²) in [4.78, 5) is 21.7. The van der Waals surface area contributed by atoms with E-state index in [0.29, 0.717) is 5.78 Å². The van der Waals surface area contributed by atoms with E-state index in [4.69, 9.17) is 5.11 Å². The van der Waals surface area contributed by atoms with E-state index in [1.807, 2.05) is 0 Å². The first-order valence-electron chi connectivity index (χ1n) is 5.94. The molecule has 1 unspecified atom stereocenters. The fourth-order valence-electron chi connectivity index (χ4n) is 2.20. The second-order valence-corrected chi connectivity index (χ2v) is 4.40. The Morgan fingerprint density at radius 1 is 1.27 bits per heavy atom. The highest BCUT2D eigenvalue weighted by atomic mass is 16.4. The number of Topliss-reactive ketones (excluding diaryl/α,β-unsaturated/α-hetero) is 1. The van der Waals surface area contributed by atoms with Crippen molar-refractivity contribution in [3.8, 4) is 0 Å². The van der Waals surface area contributed by atoms with Crippen molar-refractivity contribution >= 4 is 11.8 Å². The predicted octanol–water partition coefficient (Wildman–Crippen LogP) is 2.78. The Balaban J connectivity index is 2.03. The molecule has 3 heteroatoms. The van der Waals surface area contributed by atoms with Crippen LogP contribution in [0.5, 0.6) is 0 Å². The zero-order valence-electron chi connectivity index (χ0n) is 9.21. The molecule has 0 aliphatic heterocycles. The number of hydrogen-bond acceptors (Lipinski definition) is 2. The van der Waals surface area contributed by atoms with E-state index in [1.54, 1.807) is 0 Å². The molecule has 1 saturated carbocycles. The number of ketones is 1. The molecule has 0 spiro atoms. The molecule has 86 valence electrons. The van der Waals surface area contributed by atoms with Crippen LogP contribution in [0.2, 0.25) is 0 Å². The van der Waals surface area contributed by atoms with Gasteiger partial charge in [0.25, 0.3) is 0 Å². The van der Waals surface area contributed by atoms with Crippen molar-refractivity contribution in [2.45, 2.75) is 57.8 Å². The zero-order chi connectivity index (χ0) is 11.1. The van der Waals surface area contributed by atoms with Crippen molar-refractivity contribution in [3.05, 3.63) is 0 Å². The Kier molecular flexibility index (Phi) is 5.37. The standard InChI is InChI=1S/C12H20O3/c13-11-8-5-4-7-10(11)6-2-1-3-9-12(14)15/h10H,1-9H2,(H,14,15). The SMILES string of the molecule is O=C(O)CCCCCC1CCCCC1=O. The fraction of sp³-hybridized carbons (Fsp3) is 0.833. The molecule has 1 N–H and O–H groups in total. The van der Waals surface area contributed by atoms with Crippen LogP contribution in [0.3, 0.4) is 0 Å². The number of carboxylic acids is 1. The van der Waals surface area contributed by atoms with Gasteiger partial charge in [0.05, 0.1) is 0 Å². The van der Waals surface area contributed by atoms with Crippen molar-refractivity contribution in [1.29, 1.82) is 0 Å². The van der Waals surface area contributed by atoms with Gasteiger partial charge in [0.15, 0.2) is 0 Å². The maximum absolute atomic E-state index is 11.5. The van der Waals surface area contributed by atoms with Crippen LogP contribution in [0.25, 0.3) is 0 Å². The summed E-state index contributed by atoms with van der Waals surface area (Å²) in [6, 6.07) is 0. The minimum absolute atomic E-state index is 0.263. The van der Waals surface area contributed by atoms with Gasteiger partial charge in [-0.2, -0.15) is 0 Å². The lowest BCUT2D eigenvalue weighted by Crippen LogP contribution is -2.18. The number of rotatable bonds is 6. The van der Waals surface area contributed by atoms with E-state index in [1.165, 1.54) is 6.42 Å². The van der Waals surface area contributed by atoms with Gasteiger partial charge in [0, 0.05) is 18.8 Å². The minimum atomic E-state index is -0.719. The summed E-state index contributed by atoms with van der Waals surface area (Å²) in [5, 5.41) is 8.45. The zero-order valence-corrected chi connectivity index (χ0v) is 9.21. The summed E-state index contributed by atoms with van der Waals surface area (Å²) in [6.07, 6.45) is 7.99. The fourth-order valence-corrected chi connectivity index (χ4v) is 2.20. The van der Waals surface area contributed by atoms with Crippen molar-refractivity contribution in [2.75, 3.05) is 0 Å². The Hall–Kier alpha value is -0.860. The quantitative estimate of drug-likeness (QED) is 0.689. The largest absolute Gasteiger partial charge is 0.481 e. The lowest BCUT2D eigenvalue weighted by atomic mass is 9.84. The molecule has 0 saturated heterocycles. The number of carbonyl (C=O) groups excluding carboxylic acids is 1. The molecule has 1 atom stereocenters. The van der Waals surface area contributed by atoms with Crippen LogP contribution in [0.15, 0.2) is 0 Å². The van der Waals surface area contributed by atoms with Crippen LogP contribution in [-0.2, 0) is 9.59 Å². The van der Waals surface area contributed by atoms with Crippen LogP contribution in [0, 0.1) is 5.92 Å². The third-order valence-electron chi connectivity index (χ3n) is 3.12. The topological polar surface area (TPSA) is 54.4 Å².